The fourth-order valence-electron chi connectivity index (χ4n) is 3.88. The van der Waals surface area contributed by atoms with Crippen molar-refractivity contribution in [3.63, 3.8) is 0 Å². The number of carbonyl (C=O) groups is 2. The van der Waals surface area contributed by atoms with Crippen LogP contribution in [0.15, 0.2) is 24.3 Å². The maximum atomic E-state index is 11.9. The molecule has 142 valence electrons. The average Bonchev–Trinajstić information content (AvgIpc) is 2.65. The van der Waals surface area contributed by atoms with Gasteiger partial charge < -0.3 is 16.0 Å². The molecule has 4 N–H and O–H groups in total. The fourth-order valence-corrected chi connectivity index (χ4v) is 3.88. The molecule has 2 aliphatic rings. The summed E-state index contributed by atoms with van der Waals surface area (Å²) in [4.78, 5) is 25.7. The third-order valence-corrected chi connectivity index (χ3v) is 5.45. The van der Waals surface area contributed by atoms with E-state index in [0.29, 0.717) is 18.8 Å². The number of nitrogens with two attached hydrogens (primary N) is 1. The molecule has 3 rings (SSSR count). The Hall–Kier alpha value is -1.92. The van der Waals surface area contributed by atoms with E-state index in [1.165, 1.54) is 24.8 Å². The van der Waals surface area contributed by atoms with E-state index in [2.05, 4.69) is 33.7 Å². The molecule has 1 aromatic carbocycles. The van der Waals surface area contributed by atoms with Gasteiger partial charge in [0, 0.05) is 12.1 Å². The van der Waals surface area contributed by atoms with Crippen molar-refractivity contribution >= 4 is 17.5 Å². The molecule has 2 aliphatic heterocycles. The summed E-state index contributed by atoms with van der Waals surface area (Å²) in [5, 5.41) is 5.69. The monoisotopic (exact) mass is 358 g/mol. The van der Waals surface area contributed by atoms with Gasteiger partial charge in [-0.05, 0) is 81.9 Å². The van der Waals surface area contributed by atoms with Gasteiger partial charge >= 0.3 is 0 Å². The van der Waals surface area contributed by atoms with Crippen LogP contribution in [0, 0.1) is 0 Å². The molecule has 1 atom stereocenters. The molecular formula is C20H30N4O2. The number of likely N-dealkylation sites (tertiary alicyclic amines) is 1. The van der Waals surface area contributed by atoms with Gasteiger partial charge in [-0.1, -0.05) is 12.1 Å². The molecule has 2 amide bonds. The Bertz CT molecular complexity index is 626. The number of amides is 2. The van der Waals surface area contributed by atoms with E-state index in [0.717, 1.165) is 38.3 Å². The summed E-state index contributed by atoms with van der Waals surface area (Å²) in [6.07, 6.45) is 5.58. The molecule has 2 fully saturated rings. The van der Waals surface area contributed by atoms with Gasteiger partial charge in [-0.15, -0.1) is 0 Å². The van der Waals surface area contributed by atoms with Crippen molar-refractivity contribution in [3.8, 4) is 0 Å². The largest absolute Gasteiger partial charge is 0.374 e. The number of unbranched alkanes of at least 4 members (excludes halogenated alkanes) is 1. The van der Waals surface area contributed by atoms with Crippen LogP contribution in [0.4, 0.5) is 5.69 Å². The van der Waals surface area contributed by atoms with E-state index in [9.17, 15) is 9.59 Å². The summed E-state index contributed by atoms with van der Waals surface area (Å²) in [7, 11) is 0. The summed E-state index contributed by atoms with van der Waals surface area (Å²) >= 11 is 0. The zero-order valence-corrected chi connectivity index (χ0v) is 15.4. The molecule has 26 heavy (non-hydrogen) atoms. The van der Waals surface area contributed by atoms with Crippen molar-refractivity contribution in [3.05, 3.63) is 29.8 Å². The number of nitrogens with zero attached hydrogens (tertiary/aromatic N) is 1. The highest BCUT2D eigenvalue weighted by Gasteiger charge is 2.26. The number of carbonyl (C=O) groups excluding carboxylic acids is 2. The lowest BCUT2D eigenvalue weighted by atomic mass is 9.89. The van der Waals surface area contributed by atoms with E-state index < -0.39 is 0 Å². The second-order valence-electron chi connectivity index (χ2n) is 7.39. The van der Waals surface area contributed by atoms with Crippen LogP contribution in [0.3, 0.4) is 0 Å². The minimum Gasteiger partial charge on any atom is -0.374 e. The van der Waals surface area contributed by atoms with Crippen molar-refractivity contribution in [2.75, 3.05) is 31.5 Å². The summed E-state index contributed by atoms with van der Waals surface area (Å²) in [5.41, 5.74) is 7.87. The molecule has 0 aromatic heterocycles. The van der Waals surface area contributed by atoms with Gasteiger partial charge in [0.05, 0.1) is 0 Å². The maximum absolute atomic E-state index is 11.9. The van der Waals surface area contributed by atoms with Crippen LogP contribution in [-0.4, -0.2) is 48.9 Å². The predicted octanol–water partition coefficient (Wildman–Crippen LogP) is 1.82. The lowest BCUT2D eigenvalue weighted by Crippen LogP contribution is -2.47. The summed E-state index contributed by atoms with van der Waals surface area (Å²) in [6.45, 7) is 4.21. The Balaban J connectivity index is 1.53. The molecule has 0 spiro atoms. The quantitative estimate of drug-likeness (QED) is 0.511. The Kier molecular flexibility index (Phi) is 6.63. The van der Waals surface area contributed by atoms with Crippen LogP contribution < -0.4 is 16.4 Å². The summed E-state index contributed by atoms with van der Waals surface area (Å²) in [6, 6.07) is 8.07. The number of nitrogens with one attached hydrogen (secondary N) is 2. The van der Waals surface area contributed by atoms with Gasteiger partial charge in [-0.3, -0.25) is 14.9 Å². The zero-order chi connectivity index (χ0) is 18.4. The number of rotatable bonds is 7. The van der Waals surface area contributed by atoms with Crippen LogP contribution in [0.25, 0.3) is 0 Å². The maximum Gasteiger partial charge on any atom is 0.249 e. The highest BCUT2D eigenvalue weighted by atomic mass is 16.2. The molecular weight excluding hydrogens is 328 g/mol. The van der Waals surface area contributed by atoms with Crippen LogP contribution in [0.1, 0.15) is 50.0 Å². The van der Waals surface area contributed by atoms with Crippen molar-refractivity contribution in [2.45, 2.75) is 50.5 Å². The van der Waals surface area contributed by atoms with Crippen molar-refractivity contribution in [1.29, 1.82) is 0 Å². The molecule has 6 nitrogen and oxygen atoms in total. The topological polar surface area (TPSA) is 87.5 Å². The SMILES string of the molecule is NCCCCN1CCC(c2cccc(NC3CCC(=O)NC3=O)c2)CC1. The Labute approximate surface area is 155 Å². The zero-order valence-electron chi connectivity index (χ0n) is 15.4. The van der Waals surface area contributed by atoms with Crippen molar-refractivity contribution < 1.29 is 9.59 Å². The lowest BCUT2D eigenvalue weighted by molar-refractivity contribution is -0.133. The summed E-state index contributed by atoms with van der Waals surface area (Å²) in [5.74, 6) is 0.168. The molecule has 0 bridgehead atoms. The Morgan fingerprint density at radius 1 is 1.15 bits per heavy atom. The minimum absolute atomic E-state index is 0.181. The van der Waals surface area contributed by atoms with Gasteiger partial charge in [0.15, 0.2) is 0 Å². The molecule has 2 heterocycles. The Morgan fingerprint density at radius 3 is 2.69 bits per heavy atom. The van der Waals surface area contributed by atoms with Gasteiger partial charge in [0.2, 0.25) is 11.8 Å². The number of piperidine rings is 2. The van der Waals surface area contributed by atoms with E-state index in [1.54, 1.807) is 0 Å². The smallest absolute Gasteiger partial charge is 0.249 e. The predicted molar refractivity (Wildman–Crippen MR) is 103 cm³/mol. The number of imide groups is 1. The highest BCUT2D eigenvalue weighted by molar-refractivity contribution is 6.01. The number of anilines is 1. The van der Waals surface area contributed by atoms with Gasteiger partial charge in [-0.2, -0.15) is 0 Å². The van der Waals surface area contributed by atoms with Crippen LogP contribution in [-0.2, 0) is 9.59 Å². The Morgan fingerprint density at radius 2 is 1.96 bits per heavy atom. The van der Waals surface area contributed by atoms with Crippen LogP contribution in [0.2, 0.25) is 0 Å². The first-order valence-corrected chi connectivity index (χ1v) is 9.78. The first-order valence-electron chi connectivity index (χ1n) is 9.78. The van der Waals surface area contributed by atoms with Crippen LogP contribution >= 0.6 is 0 Å². The summed E-state index contributed by atoms with van der Waals surface area (Å²) < 4.78 is 0. The lowest BCUT2D eigenvalue weighted by Gasteiger charge is -2.32. The standard InChI is InChI=1S/C20H30N4O2/c21-10-1-2-11-24-12-8-15(9-13-24)16-4-3-5-17(14-16)22-18-6-7-19(25)23-20(18)26/h3-5,14-15,18,22H,1-2,6-13,21H2,(H,23,25,26). The van der Waals surface area contributed by atoms with Crippen molar-refractivity contribution in [1.82, 2.24) is 10.2 Å². The second-order valence-corrected chi connectivity index (χ2v) is 7.39. The van der Waals surface area contributed by atoms with E-state index in [-0.39, 0.29) is 17.9 Å². The number of hydrogen-bond acceptors (Lipinski definition) is 5. The fraction of sp³-hybridized carbons (Fsp3) is 0.600. The van der Waals surface area contributed by atoms with E-state index in [4.69, 9.17) is 5.73 Å². The normalized spacial score (nSPS) is 22.3. The molecule has 0 aliphatic carbocycles. The van der Waals surface area contributed by atoms with Gasteiger partial charge in [0.25, 0.3) is 0 Å². The highest BCUT2D eigenvalue weighted by Crippen LogP contribution is 2.30. The molecule has 0 saturated carbocycles. The first-order chi connectivity index (χ1) is 12.7. The average molecular weight is 358 g/mol. The second kappa shape index (κ2) is 9.14. The minimum atomic E-state index is -0.327. The molecule has 1 unspecified atom stereocenters. The van der Waals surface area contributed by atoms with Gasteiger partial charge in [0.1, 0.15) is 6.04 Å². The third kappa shape index (κ3) is 5.05. The third-order valence-electron chi connectivity index (χ3n) is 5.45. The molecule has 6 heteroatoms. The van der Waals surface area contributed by atoms with E-state index in [1.807, 2.05) is 6.07 Å². The van der Waals surface area contributed by atoms with E-state index >= 15 is 0 Å². The van der Waals surface area contributed by atoms with Crippen molar-refractivity contribution in [2.24, 2.45) is 5.73 Å². The molecule has 1 aromatic rings. The number of benzene rings is 1. The first kappa shape index (κ1) is 18.9. The van der Waals surface area contributed by atoms with Crippen LogP contribution in [0.5, 0.6) is 0 Å². The molecule has 2 saturated heterocycles. The molecule has 0 radical (unpaired) electrons. The van der Waals surface area contributed by atoms with Gasteiger partial charge in [-0.25, -0.2) is 0 Å². The number of hydrogen-bond donors (Lipinski definition) is 3.